The third-order valence-corrected chi connectivity index (χ3v) is 4.16. The van der Waals surface area contributed by atoms with Gasteiger partial charge < -0.3 is 10.5 Å². The van der Waals surface area contributed by atoms with Crippen LogP contribution in [0.5, 0.6) is 0 Å². The molecule has 0 bridgehead atoms. The highest BCUT2D eigenvalue weighted by atomic mass is 16.5. The maximum absolute atomic E-state index is 6.24. The van der Waals surface area contributed by atoms with E-state index in [0.717, 1.165) is 25.0 Å². The van der Waals surface area contributed by atoms with Crippen molar-refractivity contribution in [2.24, 2.45) is 5.73 Å². The summed E-state index contributed by atoms with van der Waals surface area (Å²) in [5.74, 6) is 0. The van der Waals surface area contributed by atoms with E-state index in [0.29, 0.717) is 6.04 Å². The highest BCUT2D eigenvalue weighted by molar-refractivity contribution is 5.03. The molecule has 2 rings (SSSR count). The Balaban J connectivity index is 1.91. The first-order chi connectivity index (χ1) is 9.24. The first-order valence-electron chi connectivity index (χ1n) is 7.57. The first kappa shape index (κ1) is 14.5. The third kappa shape index (κ3) is 3.80. The summed E-state index contributed by atoms with van der Waals surface area (Å²) in [6.07, 6.45) is 10.4. The zero-order chi connectivity index (χ0) is 13.7. The summed E-state index contributed by atoms with van der Waals surface area (Å²) in [7, 11) is 1.75. The van der Waals surface area contributed by atoms with Crippen molar-refractivity contribution in [3.8, 4) is 0 Å². The van der Waals surface area contributed by atoms with E-state index >= 15 is 0 Å². The number of nitrogens with two attached hydrogens (primary N) is 1. The monoisotopic (exact) mass is 265 g/mol. The highest BCUT2D eigenvalue weighted by Crippen LogP contribution is 2.28. The topological polar surface area (TPSA) is 53.1 Å². The van der Waals surface area contributed by atoms with Gasteiger partial charge in [-0.2, -0.15) is 5.10 Å². The quantitative estimate of drug-likeness (QED) is 0.824. The lowest BCUT2D eigenvalue weighted by Crippen LogP contribution is -2.38. The van der Waals surface area contributed by atoms with Crippen LogP contribution in [0.4, 0.5) is 0 Å². The van der Waals surface area contributed by atoms with Gasteiger partial charge in [0.25, 0.3) is 0 Å². The maximum atomic E-state index is 6.24. The number of ether oxygens (including phenoxy) is 1. The van der Waals surface area contributed by atoms with E-state index in [9.17, 15) is 0 Å². The Kier molecular flexibility index (Phi) is 5.40. The minimum atomic E-state index is 0.0388. The van der Waals surface area contributed by atoms with Gasteiger partial charge >= 0.3 is 0 Å². The predicted octanol–water partition coefficient (Wildman–Crippen LogP) is 2.68. The number of hydrogen-bond donors (Lipinski definition) is 1. The summed E-state index contributed by atoms with van der Waals surface area (Å²) < 4.78 is 7.61. The van der Waals surface area contributed by atoms with Gasteiger partial charge in [0, 0.05) is 25.8 Å². The molecule has 1 aromatic heterocycles. The van der Waals surface area contributed by atoms with Crippen LogP contribution in [-0.4, -0.2) is 29.0 Å². The fourth-order valence-electron chi connectivity index (χ4n) is 3.02. The lowest BCUT2D eigenvalue weighted by molar-refractivity contribution is 0.0723. The maximum Gasteiger partial charge on any atom is 0.0725 e. The van der Waals surface area contributed by atoms with E-state index in [2.05, 4.69) is 23.9 Å². The minimum Gasteiger partial charge on any atom is -0.380 e. The van der Waals surface area contributed by atoms with E-state index in [1.165, 1.54) is 25.7 Å². The Labute approximate surface area is 116 Å². The van der Waals surface area contributed by atoms with Gasteiger partial charge in [0.1, 0.15) is 0 Å². The predicted molar refractivity (Wildman–Crippen MR) is 77.1 cm³/mol. The van der Waals surface area contributed by atoms with Crippen molar-refractivity contribution < 1.29 is 4.74 Å². The molecule has 0 saturated heterocycles. The smallest absolute Gasteiger partial charge is 0.0725 e. The SMILES string of the molecule is CCCC(OC)C(N)Cc1ccn(C2CCCC2)n1. The van der Waals surface area contributed by atoms with Gasteiger partial charge in [-0.25, -0.2) is 0 Å². The van der Waals surface area contributed by atoms with Gasteiger partial charge in [-0.05, 0) is 25.3 Å². The van der Waals surface area contributed by atoms with E-state index < -0.39 is 0 Å². The van der Waals surface area contributed by atoms with E-state index in [1.807, 2.05) is 0 Å². The molecule has 108 valence electrons. The van der Waals surface area contributed by atoms with Gasteiger partial charge in [0.2, 0.25) is 0 Å². The second-order valence-electron chi connectivity index (χ2n) is 5.66. The Bertz CT molecular complexity index is 371. The van der Waals surface area contributed by atoms with Crippen LogP contribution in [0.3, 0.4) is 0 Å². The molecule has 1 fully saturated rings. The Hall–Kier alpha value is -0.870. The van der Waals surface area contributed by atoms with Crippen molar-refractivity contribution in [3.05, 3.63) is 18.0 Å². The van der Waals surface area contributed by atoms with Crippen LogP contribution < -0.4 is 5.73 Å². The molecule has 4 nitrogen and oxygen atoms in total. The summed E-state index contributed by atoms with van der Waals surface area (Å²) in [5.41, 5.74) is 7.33. The lowest BCUT2D eigenvalue weighted by Gasteiger charge is -2.21. The second kappa shape index (κ2) is 7.06. The molecule has 1 aromatic rings. The van der Waals surface area contributed by atoms with E-state index in [1.54, 1.807) is 7.11 Å². The number of hydrogen-bond acceptors (Lipinski definition) is 3. The largest absolute Gasteiger partial charge is 0.380 e. The molecule has 0 aliphatic heterocycles. The fourth-order valence-corrected chi connectivity index (χ4v) is 3.02. The average Bonchev–Trinajstić information content (AvgIpc) is 3.05. The van der Waals surface area contributed by atoms with Gasteiger partial charge in [-0.1, -0.05) is 26.2 Å². The highest BCUT2D eigenvalue weighted by Gasteiger charge is 2.20. The van der Waals surface area contributed by atoms with Crippen LogP contribution in [0.25, 0.3) is 0 Å². The van der Waals surface area contributed by atoms with Crippen molar-refractivity contribution in [1.82, 2.24) is 9.78 Å². The van der Waals surface area contributed by atoms with Crippen molar-refractivity contribution in [2.45, 2.75) is 70.1 Å². The van der Waals surface area contributed by atoms with Crippen LogP contribution in [0, 0.1) is 0 Å². The summed E-state index contributed by atoms with van der Waals surface area (Å²) in [4.78, 5) is 0. The first-order valence-corrected chi connectivity index (χ1v) is 7.57. The molecule has 1 aliphatic carbocycles. The molecule has 2 N–H and O–H groups in total. The number of nitrogens with zero attached hydrogens (tertiary/aromatic N) is 2. The molecule has 19 heavy (non-hydrogen) atoms. The molecule has 4 heteroatoms. The molecular formula is C15H27N3O. The van der Waals surface area contributed by atoms with Crippen LogP contribution in [0.15, 0.2) is 12.3 Å². The van der Waals surface area contributed by atoms with Crippen LogP contribution in [0.1, 0.15) is 57.2 Å². The van der Waals surface area contributed by atoms with E-state index in [4.69, 9.17) is 15.6 Å². The average molecular weight is 265 g/mol. The molecule has 1 aliphatic rings. The molecule has 0 spiro atoms. The number of methoxy groups -OCH3 is 1. The fraction of sp³-hybridized carbons (Fsp3) is 0.800. The van der Waals surface area contributed by atoms with E-state index in [-0.39, 0.29) is 12.1 Å². The standard InChI is InChI=1S/C15H27N3O/c1-3-6-15(19-2)14(16)11-12-9-10-18(17-12)13-7-4-5-8-13/h9-10,13-15H,3-8,11,16H2,1-2H3. The molecule has 1 heterocycles. The van der Waals surface area contributed by atoms with Crippen molar-refractivity contribution >= 4 is 0 Å². The third-order valence-electron chi connectivity index (χ3n) is 4.16. The Morgan fingerprint density at radius 3 is 2.84 bits per heavy atom. The molecule has 0 amide bonds. The zero-order valence-electron chi connectivity index (χ0n) is 12.2. The van der Waals surface area contributed by atoms with Gasteiger partial charge in [0.05, 0.1) is 17.8 Å². The van der Waals surface area contributed by atoms with Crippen molar-refractivity contribution in [1.29, 1.82) is 0 Å². The van der Waals surface area contributed by atoms with Crippen molar-refractivity contribution in [3.63, 3.8) is 0 Å². The van der Waals surface area contributed by atoms with Gasteiger partial charge in [-0.15, -0.1) is 0 Å². The lowest BCUT2D eigenvalue weighted by atomic mass is 10.0. The van der Waals surface area contributed by atoms with Gasteiger partial charge in [0.15, 0.2) is 0 Å². The molecule has 0 radical (unpaired) electrons. The summed E-state index contributed by atoms with van der Waals surface area (Å²) in [6, 6.07) is 2.76. The molecule has 2 unspecified atom stereocenters. The Morgan fingerprint density at radius 2 is 2.21 bits per heavy atom. The van der Waals surface area contributed by atoms with Crippen LogP contribution in [-0.2, 0) is 11.2 Å². The molecule has 2 atom stereocenters. The zero-order valence-corrected chi connectivity index (χ0v) is 12.2. The molecule has 0 aromatic carbocycles. The number of aromatic nitrogens is 2. The summed E-state index contributed by atoms with van der Waals surface area (Å²) in [5, 5.41) is 4.69. The van der Waals surface area contributed by atoms with Gasteiger partial charge in [-0.3, -0.25) is 4.68 Å². The summed E-state index contributed by atoms with van der Waals surface area (Å²) in [6.45, 7) is 2.16. The van der Waals surface area contributed by atoms with Crippen LogP contribution in [0.2, 0.25) is 0 Å². The minimum absolute atomic E-state index is 0.0388. The molecule has 1 saturated carbocycles. The Morgan fingerprint density at radius 1 is 1.47 bits per heavy atom. The number of rotatable bonds is 7. The van der Waals surface area contributed by atoms with Crippen LogP contribution >= 0.6 is 0 Å². The molecular weight excluding hydrogens is 238 g/mol. The normalized spacial score (nSPS) is 19.7. The second-order valence-corrected chi connectivity index (χ2v) is 5.66. The summed E-state index contributed by atoms with van der Waals surface area (Å²) >= 11 is 0. The van der Waals surface area contributed by atoms with Crippen molar-refractivity contribution in [2.75, 3.05) is 7.11 Å².